The van der Waals surface area contributed by atoms with Crippen molar-refractivity contribution in [2.24, 2.45) is 5.73 Å². The van der Waals surface area contributed by atoms with Crippen LogP contribution in [-0.2, 0) is 0 Å². The minimum absolute atomic E-state index is 0.109. The number of phenols is 1. The van der Waals surface area contributed by atoms with Crippen LogP contribution in [0, 0.1) is 5.82 Å². The molecule has 4 nitrogen and oxygen atoms in total. The molecule has 0 atom stereocenters. The van der Waals surface area contributed by atoms with Crippen LogP contribution in [0.4, 0.5) is 10.1 Å². The van der Waals surface area contributed by atoms with Crippen molar-refractivity contribution in [1.29, 1.82) is 0 Å². The van der Waals surface area contributed by atoms with Crippen LogP contribution >= 0.6 is 35.1 Å². The Bertz CT molecular complexity index is 985. The van der Waals surface area contributed by atoms with Gasteiger partial charge in [-0.15, -0.1) is 0 Å². The molecule has 0 bridgehead atoms. The van der Waals surface area contributed by atoms with E-state index in [4.69, 9.17) is 28.9 Å². The van der Waals surface area contributed by atoms with Crippen LogP contribution in [0.15, 0.2) is 41.4 Å². The molecule has 1 saturated carbocycles. The minimum Gasteiger partial charge on any atom is -0.508 e. The lowest BCUT2D eigenvalue weighted by Crippen LogP contribution is -2.37. The number of fused-ring (bicyclic) bond motifs is 1. The number of phenolic OH excluding ortho intramolecular Hbond substituents is 1. The Morgan fingerprint density at radius 1 is 1.14 bits per heavy atom. The molecule has 2 aromatic carbocycles. The summed E-state index contributed by atoms with van der Waals surface area (Å²) >= 11 is 13.3. The smallest absolute Gasteiger partial charge is 0.142 e. The number of benzene rings is 2. The van der Waals surface area contributed by atoms with Crippen molar-refractivity contribution in [1.82, 2.24) is 4.98 Å². The highest BCUT2D eigenvalue weighted by Gasteiger charge is 2.20. The van der Waals surface area contributed by atoms with E-state index in [0.717, 1.165) is 34.6 Å². The molecule has 0 spiro atoms. The van der Waals surface area contributed by atoms with E-state index in [1.54, 1.807) is 18.3 Å². The summed E-state index contributed by atoms with van der Waals surface area (Å²) in [5.41, 5.74) is 7.54. The Morgan fingerprint density at radius 3 is 2.48 bits per heavy atom. The van der Waals surface area contributed by atoms with Crippen molar-refractivity contribution in [2.75, 3.05) is 4.72 Å². The molecule has 1 aliphatic carbocycles. The lowest BCUT2D eigenvalue weighted by molar-refractivity contribution is 0.322. The molecule has 1 aliphatic rings. The van der Waals surface area contributed by atoms with Gasteiger partial charge in [0, 0.05) is 23.2 Å². The van der Waals surface area contributed by atoms with E-state index in [2.05, 4.69) is 16.6 Å². The van der Waals surface area contributed by atoms with Gasteiger partial charge in [0.2, 0.25) is 0 Å². The fourth-order valence-electron chi connectivity index (χ4n) is 3.30. The molecule has 1 aromatic heterocycles. The van der Waals surface area contributed by atoms with Gasteiger partial charge >= 0.3 is 0 Å². The fraction of sp³-hybridized carbons (Fsp3) is 0.333. The Balaban J connectivity index is 0.000000252. The van der Waals surface area contributed by atoms with Crippen LogP contribution in [0.3, 0.4) is 0 Å². The van der Waals surface area contributed by atoms with Gasteiger partial charge in [-0.25, -0.2) is 4.39 Å². The van der Waals surface area contributed by atoms with Crippen molar-refractivity contribution < 1.29 is 9.50 Å². The molecular weight excluding hydrogens is 432 g/mol. The van der Waals surface area contributed by atoms with Gasteiger partial charge in [-0.05, 0) is 56.0 Å². The maximum atomic E-state index is 13.7. The maximum absolute atomic E-state index is 13.7. The second kappa shape index (κ2) is 9.47. The molecule has 5 N–H and O–H groups in total. The van der Waals surface area contributed by atoms with Gasteiger partial charge < -0.3 is 20.5 Å². The summed E-state index contributed by atoms with van der Waals surface area (Å²) in [5, 5.41) is 11.0. The van der Waals surface area contributed by atoms with Gasteiger partial charge in [0.25, 0.3) is 0 Å². The molecule has 29 heavy (non-hydrogen) atoms. The summed E-state index contributed by atoms with van der Waals surface area (Å²) in [5.74, 6) is -0.607. The molecule has 1 fully saturated rings. The van der Waals surface area contributed by atoms with Crippen LogP contribution in [0.1, 0.15) is 39.0 Å². The molecule has 0 unspecified atom stereocenters. The monoisotopic (exact) mass is 455 g/mol. The van der Waals surface area contributed by atoms with Crippen LogP contribution in [0.2, 0.25) is 10.0 Å². The van der Waals surface area contributed by atoms with Gasteiger partial charge in [-0.1, -0.05) is 42.5 Å². The Hall–Kier alpha value is -1.60. The second-order valence-electron chi connectivity index (χ2n) is 7.52. The number of hydrogen-bond acceptors (Lipinski definition) is 4. The highest BCUT2D eigenvalue weighted by Crippen LogP contribution is 2.36. The maximum Gasteiger partial charge on any atom is 0.142 e. The Morgan fingerprint density at radius 2 is 1.86 bits per heavy atom. The van der Waals surface area contributed by atoms with Crippen molar-refractivity contribution in [3.63, 3.8) is 0 Å². The molecular formula is C21H24Cl2FN3OS. The largest absolute Gasteiger partial charge is 0.508 e. The van der Waals surface area contributed by atoms with Crippen LogP contribution < -0.4 is 10.5 Å². The van der Waals surface area contributed by atoms with Crippen molar-refractivity contribution in [3.8, 4) is 5.75 Å². The molecule has 1 heterocycles. The molecule has 8 heteroatoms. The number of H-pyrrole nitrogens is 1. The minimum atomic E-state index is -0.498. The summed E-state index contributed by atoms with van der Waals surface area (Å²) in [6, 6.07) is 7.49. The number of rotatable bonds is 3. The average molecular weight is 456 g/mol. The first-order valence-electron chi connectivity index (χ1n) is 9.42. The third-order valence-corrected chi connectivity index (χ3v) is 6.40. The zero-order valence-electron chi connectivity index (χ0n) is 16.1. The molecule has 0 amide bonds. The van der Waals surface area contributed by atoms with Crippen LogP contribution in [0.5, 0.6) is 5.75 Å². The molecule has 156 valence electrons. The summed E-state index contributed by atoms with van der Waals surface area (Å²) in [6.07, 6.45) is 8.18. The van der Waals surface area contributed by atoms with Crippen LogP contribution in [0.25, 0.3) is 10.9 Å². The highest BCUT2D eigenvalue weighted by atomic mass is 35.5. The van der Waals surface area contributed by atoms with Gasteiger partial charge in [0.15, 0.2) is 0 Å². The number of nitrogens with one attached hydrogen (secondary N) is 2. The zero-order valence-corrected chi connectivity index (χ0v) is 18.4. The lowest BCUT2D eigenvalue weighted by Gasteiger charge is -2.28. The summed E-state index contributed by atoms with van der Waals surface area (Å²) in [4.78, 5) is 3.40. The standard InChI is InChI=1S/C14H9Cl2FN2OS.C7H15N/c15-8-2-3-11(14-13(8)9(16)6-18-14)19-21-12-4-1-7(20)5-10(12)17;1-7(8)5-3-2-4-6-7/h1-6,18-20H;2-6,8H2,1H3. The first-order chi connectivity index (χ1) is 13.8. The Kier molecular flexibility index (Phi) is 7.22. The topological polar surface area (TPSA) is 74.1 Å². The normalized spacial score (nSPS) is 15.6. The quantitative estimate of drug-likeness (QED) is 0.317. The molecule has 0 radical (unpaired) electrons. The first-order valence-corrected chi connectivity index (χ1v) is 11.0. The highest BCUT2D eigenvalue weighted by molar-refractivity contribution is 8.00. The number of anilines is 1. The van der Waals surface area contributed by atoms with E-state index in [-0.39, 0.29) is 11.3 Å². The molecule has 3 aromatic rings. The van der Waals surface area contributed by atoms with E-state index in [0.29, 0.717) is 14.9 Å². The van der Waals surface area contributed by atoms with Gasteiger partial charge in [0.05, 0.1) is 26.1 Å². The molecule has 4 rings (SSSR count). The van der Waals surface area contributed by atoms with E-state index in [9.17, 15) is 9.50 Å². The number of hydrogen-bond donors (Lipinski definition) is 4. The summed E-state index contributed by atoms with van der Waals surface area (Å²) < 4.78 is 16.7. The van der Waals surface area contributed by atoms with E-state index < -0.39 is 5.82 Å². The number of aromatic amines is 1. The number of nitrogens with two attached hydrogens (primary N) is 1. The third kappa shape index (κ3) is 5.72. The predicted octanol–water partition coefficient (Wildman–Crippen LogP) is 7.11. The SMILES string of the molecule is CC1(N)CCCCC1.Oc1ccc(SNc2ccc(Cl)c3c(Cl)c[nH]c23)c(F)c1. The summed E-state index contributed by atoms with van der Waals surface area (Å²) in [7, 11) is 0. The number of aromatic nitrogens is 1. The summed E-state index contributed by atoms with van der Waals surface area (Å²) in [6.45, 7) is 2.16. The van der Waals surface area contributed by atoms with Gasteiger partial charge in [0.1, 0.15) is 11.6 Å². The number of aromatic hydroxyl groups is 1. The van der Waals surface area contributed by atoms with Crippen LogP contribution in [-0.4, -0.2) is 15.6 Å². The number of halogens is 3. The van der Waals surface area contributed by atoms with Gasteiger partial charge in [-0.3, -0.25) is 0 Å². The lowest BCUT2D eigenvalue weighted by atomic mass is 9.84. The van der Waals surface area contributed by atoms with Crippen molar-refractivity contribution in [3.05, 3.63) is 52.4 Å². The Labute approximate surface area is 184 Å². The van der Waals surface area contributed by atoms with Gasteiger partial charge in [-0.2, -0.15) is 0 Å². The third-order valence-electron chi connectivity index (χ3n) is 4.92. The van der Waals surface area contributed by atoms with E-state index in [1.807, 2.05) is 0 Å². The van der Waals surface area contributed by atoms with E-state index in [1.165, 1.54) is 44.2 Å². The second-order valence-corrected chi connectivity index (χ2v) is 9.18. The fourth-order valence-corrected chi connectivity index (χ4v) is 4.54. The zero-order chi connectivity index (χ0) is 21.0. The van der Waals surface area contributed by atoms with E-state index >= 15 is 0 Å². The first kappa shape index (κ1) is 22.1. The predicted molar refractivity (Wildman–Crippen MR) is 122 cm³/mol. The molecule has 0 saturated heterocycles. The molecule has 0 aliphatic heterocycles. The van der Waals surface area contributed by atoms with Crippen molar-refractivity contribution in [2.45, 2.75) is 49.5 Å². The average Bonchev–Trinajstić information content (AvgIpc) is 3.06. The van der Waals surface area contributed by atoms with Crippen molar-refractivity contribution >= 4 is 51.7 Å².